The highest BCUT2D eigenvalue weighted by atomic mass is 16.5. The molecule has 0 unspecified atom stereocenters. The van der Waals surface area contributed by atoms with E-state index in [1.165, 1.54) is 13.3 Å². The van der Waals surface area contributed by atoms with Crippen LogP contribution in [-0.2, 0) is 18.3 Å². The number of esters is 1. The molecule has 0 saturated heterocycles. The molecule has 0 aliphatic rings. The first-order valence-electron chi connectivity index (χ1n) is 7.99. The maximum absolute atomic E-state index is 12.8. The van der Waals surface area contributed by atoms with Crippen molar-refractivity contribution >= 4 is 28.5 Å². The number of amides is 1. The normalized spacial score (nSPS) is 10.9. The predicted octanol–water partition coefficient (Wildman–Crippen LogP) is 2.74. The third-order valence-electron chi connectivity index (χ3n) is 4.37. The number of aryl methyl sites for hydroxylation is 2. The highest BCUT2D eigenvalue weighted by Crippen LogP contribution is 2.31. The van der Waals surface area contributed by atoms with E-state index in [4.69, 9.17) is 4.74 Å². The number of nitrogens with zero attached hydrogens (tertiary/aromatic N) is 3. The summed E-state index contributed by atoms with van der Waals surface area (Å²) < 4.78 is 8.36. The van der Waals surface area contributed by atoms with Crippen LogP contribution in [0.5, 0.6) is 0 Å². The summed E-state index contributed by atoms with van der Waals surface area (Å²) in [6.45, 7) is 4.48. The van der Waals surface area contributed by atoms with Crippen LogP contribution < -0.4 is 5.32 Å². The lowest BCUT2D eigenvalue weighted by molar-refractivity contribution is 0.0591. The first kappa shape index (κ1) is 16.8. The van der Waals surface area contributed by atoms with Crippen LogP contribution in [0.25, 0.3) is 10.9 Å². The molecule has 1 aromatic carbocycles. The molecule has 0 aliphatic carbocycles. The molecule has 0 bridgehead atoms. The van der Waals surface area contributed by atoms with E-state index in [9.17, 15) is 9.59 Å². The first-order valence-corrected chi connectivity index (χ1v) is 7.99. The van der Waals surface area contributed by atoms with Crippen molar-refractivity contribution < 1.29 is 14.3 Å². The Hall–Kier alpha value is -3.09. The van der Waals surface area contributed by atoms with Crippen molar-refractivity contribution in [1.29, 1.82) is 0 Å². The maximum atomic E-state index is 12.8. The van der Waals surface area contributed by atoms with E-state index in [1.807, 2.05) is 38.1 Å². The number of aromatic nitrogens is 3. The van der Waals surface area contributed by atoms with Gasteiger partial charge in [-0.3, -0.25) is 9.48 Å². The van der Waals surface area contributed by atoms with Gasteiger partial charge in [0.15, 0.2) is 5.69 Å². The lowest BCUT2D eigenvalue weighted by Crippen LogP contribution is -2.17. The van der Waals surface area contributed by atoms with Crippen LogP contribution in [0.2, 0.25) is 0 Å². The lowest BCUT2D eigenvalue weighted by atomic mass is 10.2. The van der Waals surface area contributed by atoms with Gasteiger partial charge in [-0.25, -0.2) is 4.79 Å². The van der Waals surface area contributed by atoms with E-state index in [0.29, 0.717) is 23.5 Å². The van der Waals surface area contributed by atoms with Crippen molar-refractivity contribution in [2.45, 2.75) is 20.4 Å². The molecule has 1 N–H and O–H groups in total. The van der Waals surface area contributed by atoms with Gasteiger partial charge in [0.05, 0.1) is 30.1 Å². The van der Waals surface area contributed by atoms with Crippen LogP contribution in [0, 0.1) is 6.92 Å². The zero-order chi connectivity index (χ0) is 18.1. The molecular weight excluding hydrogens is 320 g/mol. The minimum Gasteiger partial charge on any atom is -0.464 e. The van der Waals surface area contributed by atoms with Crippen LogP contribution in [-0.4, -0.2) is 33.3 Å². The molecule has 0 radical (unpaired) electrons. The molecular formula is C18H20N4O3. The second-order valence-electron chi connectivity index (χ2n) is 5.70. The summed E-state index contributed by atoms with van der Waals surface area (Å²) in [6, 6.07) is 7.49. The summed E-state index contributed by atoms with van der Waals surface area (Å²) in [5.41, 5.74) is 2.83. The van der Waals surface area contributed by atoms with Gasteiger partial charge in [0.25, 0.3) is 5.91 Å². The zero-order valence-corrected chi connectivity index (χ0v) is 14.7. The fraction of sp³-hybridized carbons (Fsp3) is 0.278. The number of methoxy groups -OCH3 is 1. The van der Waals surface area contributed by atoms with Crippen LogP contribution in [0.15, 0.2) is 30.5 Å². The van der Waals surface area contributed by atoms with E-state index in [1.54, 1.807) is 16.3 Å². The van der Waals surface area contributed by atoms with E-state index < -0.39 is 5.97 Å². The molecule has 0 fully saturated rings. The average molecular weight is 340 g/mol. The molecule has 130 valence electrons. The SMILES string of the molecule is CCn1ncc(C(=O)Nc2c(C(=O)OC)n(C)c3ccccc23)c1C. The number of anilines is 1. The number of rotatable bonds is 4. The van der Waals surface area contributed by atoms with Gasteiger partial charge >= 0.3 is 5.97 Å². The highest BCUT2D eigenvalue weighted by molar-refractivity contribution is 6.15. The summed E-state index contributed by atoms with van der Waals surface area (Å²) in [5.74, 6) is -0.811. The van der Waals surface area contributed by atoms with E-state index in [-0.39, 0.29) is 5.91 Å². The number of hydrogen-bond donors (Lipinski definition) is 1. The topological polar surface area (TPSA) is 78.2 Å². The molecule has 1 amide bonds. The smallest absolute Gasteiger partial charge is 0.356 e. The Morgan fingerprint density at radius 3 is 2.64 bits per heavy atom. The van der Waals surface area contributed by atoms with Crippen LogP contribution >= 0.6 is 0 Å². The fourth-order valence-electron chi connectivity index (χ4n) is 3.02. The number of hydrogen-bond acceptors (Lipinski definition) is 4. The number of para-hydroxylation sites is 1. The van der Waals surface area contributed by atoms with Gasteiger partial charge in [-0.1, -0.05) is 18.2 Å². The largest absolute Gasteiger partial charge is 0.464 e. The van der Waals surface area contributed by atoms with Crippen molar-refractivity contribution in [1.82, 2.24) is 14.3 Å². The minimum absolute atomic E-state index is 0.303. The Bertz CT molecular complexity index is 968. The maximum Gasteiger partial charge on any atom is 0.356 e. The molecule has 0 aliphatic heterocycles. The van der Waals surface area contributed by atoms with Crippen molar-refractivity contribution in [2.75, 3.05) is 12.4 Å². The lowest BCUT2D eigenvalue weighted by Gasteiger charge is -2.08. The Balaban J connectivity index is 2.10. The average Bonchev–Trinajstić information content (AvgIpc) is 3.13. The molecule has 3 rings (SSSR count). The summed E-state index contributed by atoms with van der Waals surface area (Å²) in [4.78, 5) is 25.0. The third kappa shape index (κ3) is 2.67. The summed E-state index contributed by atoms with van der Waals surface area (Å²) in [7, 11) is 3.09. The molecule has 0 spiro atoms. The number of carbonyl (C=O) groups excluding carboxylic acids is 2. The molecule has 2 aromatic heterocycles. The number of fused-ring (bicyclic) bond motifs is 1. The van der Waals surface area contributed by atoms with Crippen LogP contribution in [0.3, 0.4) is 0 Å². The van der Waals surface area contributed by atoms with E-state index in [2.05, 4.69) is 10.4 Å². The Kier molecular flexibility index (Phi) is 4.31. The molecule has 0 saturated carbocycles. The first-order chi connectivity index (χ1) is 12.0. The molecule has 25 heavy (non-hydrogen) atoms. The highest BCUT2D eigenvalue weighted by Gasteiger charge is 2.24. The van der Waals surface area contributed by atoms with Gasteiger partial charge in [-0.15, -0.1) is 0 Å². The molecule has 7 heteroatoms. The van der Waals surface area contributed by atoms with Gasteiger partial charge in [0, 0.05) is 24.7 Å². The second-order valence-corrected chi connectivity index (χ2v) is 5.70. The van der Waals surface area contributed by atoms with E-state index >= 15 is 0 Å². The van der Waals surface area contributed by atoms with Gasteiger partial charge in [0.2, 0.25) is 0 Å². The molecule has 0 atom stereocenters. The molecule has 2 heterocycles. The zero-order valence-electron chi connectivity index (χ0n) is 14.7. The van der Waals surface area contributed by atoms with Gasteiger partial charge in [0.1, 0.15) is 0 Å². The van der Waals surface area contributed by atoms with Gasteiger partial charge < -0.3 is 14.6 Å². The van der Waals surface area contributed by atoms with E-state index in [0.717, 1.165) is 16.6 Å². The number of nitrogens with one attached hydrogen (secondary N) is 1. The predicted molar refractivity (Wildman–Crippen MR) is 94.8 cm³/mol. The van der Waals surface area contributed by atoms with Crippen molar-refractivity contribution in [3.63, 3.8) is 0 Å². The number of benzene rings is 1. The summed E-state index contributed by atoms with van der Waals surface area (Å²) >= 11 is 0. The number of ether oxygens (including phenoxy) is 1. The van der Waals surface area contributed by atoms with Crippen molar-refractivity contribution in [3.05, 3.63) is 47.4 Å². The van der Waals surface area contributed by atoms with Crippen LogP contribution in [0.1, 0.15) is 33.5 Å². The monoisotopic (exact) mass is 340 g/mol. The second kappa shape index (κ2) is 6.43. The Labute approximate surface area is 145 Å². The Morgan fingerprint density at radius 2 is 2.00 bits per heavy atom. The number of carbonyl (C=O) groups is 2. The summed E-state index contributed by atoms with van der Waals surface area (Å²) in [6.07, 6.45) is 1.54. The van der Waals surface area contributed by atoms with Gasteiger partial charge in [-0.05, 0) is 19.9 Å². The van der Waals surface area contributed by atoms with Crippen LogP contribution in [0.4, 0.5) is 5.69 Å². The Morgan fingerprint density at radius 1 is 1.28 bits per heavy atom. The molecule has 3 aromatic rings. The van der Waals surface area contributed by atoms with Crippen molar-refractivity contribution in [2.24, 2.45) is 7.05 Å². The molecule has 7 nitrogen and oxygen atoms in total. The minimum atomic E-state index is -0.505. The summed E-state index contributed by atoms with van der Waals surface area (Å²) in [5, 5.41) is 7.84. The third-order valence-corrected chi connectivity index (χ3v) is 4.37. The van der Waals surface area contributed by atoms with Gasteiger partial charge in [-0.2, -0.15) is 5.10 Å². The van der Waals surface area contributed by atoms with Crippen molar-refractivity contribution in [3.8, 4) is 0 Å². The standard InChI is InChI=1S/C18H20N4O3/c1-5-22-11(2)13(10-19-22)17(23)20-15-12-8-6-7-9-14(12)21(3)16(15)18(24)25-4/h6-10H,5H2,1-4H3,(H,20,23). The quantitative estimate of drug-likeness (QED) is 0.741. The fourth-order valence-corrected chi connectivity index (χ4v) is 3.02.